The van der Waals surface area contributed by atoms with E-state index >= 15 is 4.39 Å². The van der Waals surface area contributed by atoms with Crippen molar-refractivity contribution in [3.8, 4) is 0 Å². The summed E-state index contributed by atoms with van der Waals surface area (Å²) < 4.78 is 21.9. The van der Waals surface area contributed by atoms with Crippen molar-refractivity contribution >= 4 is 33.0 Å². The molecule has 1 aliphatic heterocycles. The summed E-state index contributed by atoms with van der Waals surface area (Å²) in [7, 11) is 0. The lowest BCUT2D eigenvalue weighted by Crippen LogP contribution is -2.48. The molecule has 2 fully saturated rings. The van der Waals surface area contributed by atoms with Crippen LogP contribution in [0.2, 0.25) is 0 Å². The van der Waals surface area contributed by atoms with Crippen molar-refractivity contribution in [2.24, 2.45) is 0 Å². The molecular weight excluding hydrogens is 425 g/mol. The highest BCUT2D eigenvalue weighted by molar-refractivity contribution is 7.17. The van der Waals surface area contributed by atoms with Crippen LogP contribution in [0.15, 0.2) is 52.5 Å². The highest BCUT2D eigenvalue weighted by atomic mass is 32.1. The third kappa shape index (κ3) is 4.69. The lowest BCUT2D eigenvalue weighted by Gasteiger charge is -2.39. The molecule has 1 saturated heterocycles. The molecular formula is C25H30FN3O2S. The van der Waals surface area contributed by atoms with E-state index in [-0.39, 0.29) is 11.9 Å². The van der Waals surface area contributed by atoms with Gasteiger partial charge in [0.2, 0.25) is 0 Å². The summed E-state index contributed by atoms with van der Waals surface area (Å²) in [6.07, 6.45) is 4.45. The summed E-state index contributed by atoms with van der Waals surface area (Å²) in [6.45, 7) is 4.71. The zero-order chi connectivity index (χ0) is 22.0. The maximum atomic E-state index is 15.4. The van der Waals surface area contributed by atoms with Gasteiger partial charge >= 0.3 is 0 Å². The number of alkyl halides is 1. The van der Waals surface area contributed by atoms with E-state index in [1.807, 2.05) is 0 Å². The fourth-order valence-electron chi connectivity index (χ4n) is 5.02. The Morgan fingerprint density at radius 3 is 2.69 bits per heavy atom. The van der Waals surface area contributed by atoms with Crippen LogP contribution in [0, 0.1) is 0 Å². The van der Waals surface area contributed by atoms with Crippen LogP contribution in [0.1, 0.15) is 42.7 Å². The molecule has 0 bridgehead atoms. The maximum absolute atomic E-state index is 15.4. The second-order valence-electron chi connectivity index (χ2n) is 9.06. The normalized spacial score (nSPS) is 24.7. The molecule has 1 aliphatic carbocycles. The third-order valence-electron chi connectivity index (χ3n) is 7.02. The Balaban J connectivity index is 1.07. The number of halogens is 1. The van der Waals surface area contributed by atoms with Gasteiger partial charge in [0.15, 0.2) is 5.76 Å². The summed E-state index contributed by atoms with van der Waals surface area (Å²) in [5.74, 6) is 0.110. The van der Waals surface area contributed by atoms with E-state index in [0.29, 0.717) is 37.9 Å². The SMILES string of the molecule is O=C(NC1CCC(F)(CCN2CCN(c3cccc4sccc34)CC2)CC1)c1ccco1. The van der Waals surface area contributed by atoms with Crippen molar-refractivity contribution in [1.82, 2.24) is 10.2 Å². The van der Waals surface area contributed by atoms with Gasteiger partial charge in [-0.15, -0.1) is 11.3 Å². The second-order valence-corrected chi connectivity index (χ2v) is 10.0. The molecule has 7 heteroatoms. The minimum atomic E-state index is -1.12. The quantitative estimate of drug-likeness (QED) is 0.563. The number of anilines is 1. The number of nitrogens with zero attached hydrogens (tertiary/aromatic N) is 2. The molecule has 0 atom stereocenters. The molecule has 1 amide bonds. The van der Waals surface area contributed by atoms with Gasteiger partial charge in [0, 0.05) is 54.5 Å². The van der Waals surface area contributed by atoms with Gasteiger partial charge in [-0.2, -0.15) is 0 Å². The summed E-state index contributed by atoms with van der Waals surface area (Å²) in [5, 5.41) is 6.47. The number of hydrogen-bond donors (Lipinski definition) is 1. The van der Waals surface area contributed by atoms with E-state index in [1.54, 1.807) is 23.5 Å². The van der Waals surface area contributed by atoms with Crippen LogP contribution >= 0.6 is 11.3 Å². The Morgan fingerprint density at radius 2 is 1.94 bits per heavy atom. The van der Waals surface area contributed by atoms with Crippen LogP contribution in [0.4, 0.5) is 10.1 Å². The molecule has 170 valence electrons. The lowest BCUT2D eigenvalue weighted by atomic mass is 9.81. The van der Waals surface area contributed by atoms with Crippen molar-refractivity contribution in [3.05, 3.63) is 53.8 Å². The Kier molecular flexibility index (Phi) is 6.20. The number of thiophene rings is 1. The van der Waals surface area contributed by atoms with Crippen molar-refractivity contribution in [1.29, 1.82) is 0 Å². The minimum absolute atomic E-state index is 0.0276. The molecule has 3 aromatic rings. The Labute approximate surface area is 192 Å². The number of furan rings is 1. The van der Waals surface area contributed by atoms with Crippen molar-refractivity contribution < 1.29 is 13.6 Å². The van der Waals surface area contributed by atoms with E-state index in [2.05, 4.69) is 44.8 Å². The van der Waals surface area contributed by atoms with Gasteiger partial charge in [-0.25, -0.2) is 4.39 Å². The number of carbonyl (C=O) groups is 1. The minimum Gasteiger partial charge on any atom is -0.459 e. The van der Waals surface area contributed by atoms with Crippen molar-refractivity contribution in [2.45, 2.75) is 43.8 Å². The highest BCUT2D eigenvalue weighted by Gasteiger charge is 2.36. The molecule has 1 aromatic carbocycles. The molecule has 1 saturated carbocycles. The topological polar surface area (TPSA) is 48.7 Å². The van der Waals surface area contributed by atoms with Gasteiger partial charge in [0.05, 0.1) is 6.26 Å². The average molecular weight is 456 g/mol. The molecule has 0 spiro atoms. The molecule has 2 aromatic heterocycles. The van der Waals surface area contributed by atoms with E-state index in [4.69, 9.17) is 4.42 Å². The van der Waals surface area contributed by atoms with Crippen LogP contribution in [0.5, 0.6) is 0 Å². The number of carbonyl (C=O) groups excluding carboxylic acids is 1. The van der Waals surface area contributed by atoms with Crippen molar-refractivity contribution in [2.75, 3.05) is 37.6 Å². The molecule has 0 radical (unpaired) electrons. The summed E-state index contributed by atoms with van der Waals surface area (Å²) in [4.78, 5) is 17.0. The molecule has 5 nitrogen and oxygen atoms in total. The molecule has 1 N–H and O–H groups in total. The Bertz CT molecular complexity index is 1030. The van der Waals surface area contributed by atoms with Crippen LogP contribution in [0.3, 0.4) is 0 Å². The Hall–Kier alpha value is -2.38. The zero-order valence-corrected chi connectivity index (χ0v) is 19.1. The van der Waals surface area contributed by atoms with Gasteiger partial charge < -0.3 is 14.6 Å². The summed E-state index contributed by atoms with van der Waals surface area (Å²) in [5.41, 5.74) is 0.200. The first kappa shape index (κ1) is 21.5. The number of piperazine rings is 1. The van der Waals surface area contributed by atoms with Crippen LogP contribution in [-0.2, 0) is 0 Å². The number of rotatable bonds is 6. The van der Waals surface area contributed by atoms with E-state index in [0.717, 1.165) is 32.7 Å². The van der Waals surface area contributed by atoms with Gasteiger partial charge in [0.1, 0.15) is 5.67 Å². The maximum Gasteiger partial charge on any atom is 0.287 e. The molecule has 3 heterocycles. The predicted octanol–water partition coefficient (Wildman–Crippen LogP) is 5.09. The van der Waals surface area contributed by atoms with Gasteiger partial charge in [-0.3, -0.25) is 9.69 Å². The third-order valence-corrected chi connectivity index (χ3v) is 7.91. The lowest BCUT2D eigenvalue weighted by molar-refractivity contribution is 0.0626. The fraction of sp³-hybridized carbons (Fsp3) is 0.480. The largest absolute Gasteiger partial charge is 0.459 e. The highest BCUT2D eigenvalue weighted by Crippen LogP contribution is 2.36. The fourth-order valence-corrected chi connectivity index (χ4v) is 5.83. The first-order valence-corrected chi connectivity index (χ1v) is 12.4. The number of hydrogen-bond acceptors (Lipinski definition) is 5. The number of fused-ring (bicyclic) bond motifs is 1. The van der Waals surface area contributed by atoms with Crippen LogP contribution in [-0.4, -0.2) is 55.2 Å². The molecule has 32 heavy (non-hydrogen) atoms. The van der Waals surface area contributed by atoms with E-state index in [1.165, 1.54) is 22.0 Å². The molecule has 2 aliphatic rings. The van der Waals surface area contributed by atoms with Crippen molar-refractivity contribution in [3.63, 3.8) is 0 Å². The summed E-state index contributed by atoms with van der Waals surface area (Å²) in [6, 6.07) is 12.1. The Morgan fingerprint density at radius 1 is 1.12 bits per heavy atom. The van der Waals surface area contributed by atoms with Gasteiger partial charge in [-0.05, 0) is 67.8 Å². The predicted molar refractivity (Wildman–Crippen MR) is 127 cm³/mol. The monoisotopic (exact) mass is 455 g/mol. The molecule has 0 unspecified atom stereocenters. The number of nitrogens with one attached hydrogen (secondary N) is 1. The smallest absolute Gasteiger partial charge is 0.287 e. The van der Waals surface area contributed by atoms with E-state index in [9.17, 15) is 4.79 Å². The number of amides is 1. The standard InChI is InChI=1S/C25H30FN3O2S/c26-25(9-6-19(7-10-25)27-24(30)22-4-2-17-31-22)11-12-28-13-15-29(16-14-28)21-3-1-5-23-20(21)8-18-32-23/h1-5,8,17-19H,6-7,9-16H2,(H,27,30). The zero-order valence-electron chi connectivity index (χ0n) is 18.3. The first-order chi connectivity index (χ1) is 15.6. The van der Waals surface area contributed by atoms with Gasteiger partial charge in [0.25, 0.3) is 5.91 Å². The average Bonchev–Trinajstić information content (AvgIpc) is 3.52. The van der Waals surface area contributed by atoms with Crippen LogP contribution in [0.25, 0.3) is 10.1 Å². The molecule has 5 rings (SSSR count). The summed E-state index contributed by atoms with van der Waals surface area (Å²) >= 11 is 1.79. The van der Waals surface area contributed by atoms with Gasteiger partial charge in [-0.1, -0.05) is 6.07 Å². The van der Waals surface area contributed by atoms with E-state index < -0.39 is 5.67 Å². The number of benzene rings is 1. The first-order valence-electron chi connectivity index (χ1n) is 11.6. The second kappa shape index (κ2) is 9.24. The van der Waals surface area contributed by atoms with Crippen LogP contribution < -0.4 is 10.2 Å².